The molecule has 34 heavy (non-hydrogen) atoms. The van der Waals surface area contributed by atoms with Crippen LogP contribution in [0.25, 0.3) is 0 Å². The number of nitrogens with zero attached hydrogens (tertiary/aromatic N) is 3. The summed E-state index contributed by atoms with van der Waals surface area (Å²) in [7, 11) is 5.06. The van der Waals surface area contributed by atoms with Gasteiger partial charge in [-0.05, 0) is 62.2 Å². The minimum atomic E-state index is -0.609. The molecule has 0 radical (unpaired) electrons. The van der Waals surface area contributed by atoms with Gasteiger partial charge in [-0.3, -0.25) is 0 Å². The van der Waals surface area contributed by atoms with Crippen LogP contribution in [0.5, 0.6) is 11.5 Å². The number of aromatic nitrogens is 2. The van der Waals surface area contributed by atoms with Gasteiger partial charge in [0.25, 0.3) is 0 Å². The summed E-state index contributed by atoms with van der Waals surface area (Å²) in [6, 6.07) is 10.1. The normalized spacial score (nSPS) is 13.4. The molecule has 180 valence electrons. The average molecular weight is 501 g/mol. The van der Waals surface area contributed by atoms with Gasteiger partial charge in [0, 0.05) is 31.9 Å². The molecule has 1 aliphatic heterocycles. The fraction of sp³-hybridized carbons (Fsp3) is 0.333. The van der Waals surface area contributed by atoms with Gasteiger partial charge in [-0.25, -0.2) is 4.98 Å². The summed E-state index contributed by atoms with van der Waals surface area (Å²) >= 11 is 6.44. The molecule has 2 heterocycles. The zero-order valence-electron chi connectivity index (χ0n) is 20.1. The van der Waals surface area contributed by atoms with Crippen LogP contribution in [0.1, 0.15) is 11.1 Å². The van der Waals surface area contributed by atoms with E-state index in [2.05, 4.69) is 63.3 Å². The Morgan fingerprint density at radius 3 is 2.62 bits per heavy atom. The lowest BCUT2D eigenvalue weighted by Gasteiger charge is -2.26. The SMILES string of the molecule is CNc1ccc(Nc2nc(Nc3cc4c(cc3OC)CCN(C)C4)ncc2Cl)c(OP(C)C)c1. The van der Waals surface area contributed by atoms with Crippen molar-refractivity contribution in [3.8, 4) is 11.5 Å². The van der Waals surface area contributed by atoms with Crippen molar-refractivity contribution in [2.24, 2.45) is 0 Å². The Labute approximate surface area is 206 Å². The van der Waals surface area contributed by atoms with Crippen molar-refractivity contribution < 1.29 is 9.26 Å². The Kier molecular flexibility index (Phi) is 7.61. The lowest BCUT2D eigenvalue weighted by atomic mass is 9.99. The zero-order chi connectivity index (χ0) is 24.2. The van der Waals surface area contributed by atoms with E-state index in [9.17, 15) is 0 Å². The number of ether oxygens (including phenoxy) is 1. The van der Waals surface area contributed by atoms with E-state index < -0.39 is 8.15 Å². The molecule has 0 fully saturated rings. The molecule has 0 spiro atoms. The molecule has 1 aromatic heterocycles. The highest BCUT2D eigenvalue weighted by Gasteiger charge is 2.18. The van der Waals surface area contributed by atoms with Crippen LogP contribution in [0.3, 0.4) is 0 Å². The monoisotopic (exact) mass is 500 g/mol. The van der Waals surface area contributed by atoms with Crippen LogP contribution < -0.4 is 25.2 Å². The van der Waals surface area contributed by atoms with Crippen molar-refractivity contribution in [3.05, 3.63) is 52.7 Å². The minimum absolute atomic E-state index is 0.406. The molecule has 0 aliphatic carbocycles. The van der Waals surface area contributed by atoms with Gasteiger partial charge in [-0.1, -0.05) is 11.6 Å². The molecule has 4 rings (SSSR count). The number of hydrogen-bond donors (Lipinski definition) is 3. The first-order chi connectivity index (χ1) is 16.4. The number of benzene rings is 2. The Balaban J connectivity index is 1.62. The molecule has 3 aromatic rings. The lowest BCUT2D eigenvalue weighted by Crippen LogP contribution is -2.26. The fourth-order valence-electron chi connectivity index (χ4n) is 3.81. The molecular formula is C24H30ClN6O2P. The number of methoxy groups -OCH3 is 1. The maximum atomic E-state index is 6.44. The number of hydrogen-bond acceptors (Lipinski definition) is 8. The van der Waals surface area contributed by atoms with E-state index in [1.165, 1.54) is 11.1 Å². The fourth-order valence-corrected chi connectivity index (χ4v) is 4.49. The van der Waals surface area contributed by atoms with E-state index in [4.69, 9.17) is 20.9 Å². The van der Waals surface area contributed by atoms with Crippen LogP contribution in [-0.2, 0) is 13.0 Å². The van der Waals surface area contributed by atoms with Gasteiger partial charge in [-0.2, -0.15) is 4.98 Å². The summed E-state index contributed by atoms with van der Waals surface area (Å²) < 4.78 is 11.7. The zero-order valence-corrected chi connectivity index (χ0v) is 21.7. The van der Waals surface area contributed by atoms with Gasteiger partial charge in [0.1, 0.15) is 16.5 Å². The molecule has 0 saturated heterocycles. The van der Waals surface area contributed by atoms with E-state index in [0.29, 0.717) is 16.8 Å². The Bertz CT molecular complexity index is 1180. The van der Waals surface area contributed by atoms with Gasteiger partial charge < -0.3 is 30.1 Å². The quantitative estimate of drug-likeness (QED) is 0.340. The summed E-state index contributed by atoms with van der Waals surface area (Å²) in [5, 5.41) is 10.2. The predicted molar refractivity (Wildman–Crippen MR) is 142 cm³/mol. The number of anilines is 5. The summed E-state index contributed by atoms with van der Waals surface area (Å²) in [4.78, 5) is 11.3. The third kappa shape index (κ3) is 5.63. The number of rotatable bonds is 8. The van der Waals surface area contributed by atoms with E-state index in [1.54, 1.807) is 13.3 Å². The molecule has 0 amide bonds. The van der Waals surface area contributed by atoms with Gasteiger partial charge in [0.15, 0.2) is 5.82 Å². The van der Waals surface area contributed by atoms with Crippen molar-refractivity contribution >= 4 is 48.6 Å². The van der Waals surface area contributed by atoms with Crippen LogP contribution in [0, 0.1) is 0 Å². The third-order valence-corrected chi connectivity index (χ3v) is 6.36. The second-order valence-electron chi connectivity index (χ2n) is 8.31. The van der Waals surface area contributed by atoms with Crippen molar-refractivity contribution in [1.82, 2.24) is 14.9 Å². The Morgan fingerprint density at radius 1 is 1.06 bits per heavy atom. The highest BCUT2D eigenvalue weighted by atomic mass is 35.5. The largest absolute Gasteiger partial charge is 0.495 e. The first-order valence-corrected chi connectivity index (χ1v) is 13.5. The summed E-state index contributed by atoms with van der Waals surface area (Å²) in [5.41, 5.74) is 5.13. The van der Waals surface area contributed by atoms with Crippen LogP contribution in [-0.4, -0.2) is 55.9 Å². The van der Waals surface area contributed by atoms with Crippen molar-refractivity contribution in [1.29, 1.82) is 0 Å². The number of likely N-dealkylation sites (N-methyl/N-ethyl adjacent to an activating group) is 1. The smallest absolute Gasteiger partial charge is 0.229 e. The van der Waals surface area contributed by atoms with Gasteiger partial charge in [0.05, 0.1) is 32.8 Å². The van der Waals surface area contributed by atoms with Gasteiger partial charge in [0.2, 0.25) is 5.95 Å². The Hall–Kier alpha value is -2.80. The Morgan fingerprint density at radius 2 is 1.88 bits per heavy atom. The summed E-state index contributed by atoms with van der Waals surface area (Å²) in [6.45, 7) is 6.03. The maximum absolute atomic E-state index is 6.44. The molecule has 8 nitrogen and oxygen atoms in total. The van der Waals surface area contributed by atoms with E-state index in [1.807, 2.05) is 25.2 Å². The van der Waals surface area contributed by atoms with Crippen LogP contribution in [0.15, 0.2) is 36.5 Å². The highest BCUT2D eigenvalue weighted by molar-refractivity contribution is 7.51. The molecule has 0 atom stereocenters. The molecule has 1 aliphatic rings. The van der Waals surface area contributed by atoms with Gasteiger partial charge >= 0.3 is 0 Å². The van der Waals surface area contributed by atoms with E-state index in [-0.39, 0.29) is 0 Å². The highest BCUT2D eigenvalue weighted by Crippen LogP contribution is 2.39. The first-order valence-electron chi connectivity index (χ1n) is 11.0. The molecule has 10 heteroatoms. The standard InChI is InChI=1S/C24H30ClN6O2P/c1-26-17-6-7-19(22(12-17)33-34(4)5)28-23-18(25)13-27-24(30-23)29-20-10-16-14-31(2)9-8-15(16)11-21(20)32-3/h6-7,10-13,26H,8-9,14H2,1-5H3,(H2,27,28,29,30). The average Bonchev–Trinajstić information content (AvgIpc) is 2.81. The van der Waals surface area contributed by atoms with Crippen LogP contribution >= 0.6 is 19.7 Å². The molecule has 0 saturated carbocycles. The van der Waals surface area contributed by atoms with Crippen molar-refractivity contribution in [3.63, 3.8) is 0 Å². The number of nitrogens with one attached hydrogen (secondary N) is 3. The van der Waals surface area contributed by atoms with E-state index in [0.717, 1.165) is 48.1 Å². The van der Waals surface area contributed by atoms with Gasteiger partial charge in [-0.15, -0.1) is 0 Å². The number of fused-ring (bicyclic) bond motifs is 1. The molecular weight excluding hydrogens is 471 g/mol. The second kappa shape index (κ2) is 10.6. The maximum Gasteiger partial charge on any atom is 0.229 e. The first kappa shape index (κ1) is 24.3. The lowest BCUT2D eigenvalue weighted by molar-refractivity contribution is 0.312. The molecule has 2 aromatic carbocycles. The second-order valence-corrected chi connectivity index (χ2v) is 10.5. The molecule has 3 N–H and O–H groups in total. The van der Waals surface area contributed by atoms with Crippen LogP contribution in [0.2, 0.25) is 5.02 Å². The predicted octanol–water partition coefficient (Wildman–Crippen LogP) is 5.69. The summed E-state index contributed by atoms with van der Waals surface area (Å²) in [5.74, 6) is 2.38. The van der Waals surface area contributed by atoms with E-state index >= 15 is 0 Å². The van der Waals surface area contributed by atoms with Crippen molar-refractivity contribution in [2.75, 3.05) is 57.0 Å². The summed E-state index contributed by atoms with van der Waals surface area (Å²) in [6.07, 6.45) is 2.58. The molecule has 0 bridgehead atoms. The topological polar surface area (TPSA) is 83.6 Å². The minimum Gasteiger partial charge on any atom is -0.495 e. The van der Waals surface area contributed by atoms with Crippen LogP contribution in [0.4, 0.5) is 28.8 Å². The van der Waals surface area contributed by atoms with Crippen molar-refractivity contribution in [2.45, 2.75) is 13.0 Å². The molecule has 0 unspecified atom stereocenters. The number of halogens is 1. The third-order valence-electron chi connectivity index (χ3n) is 5.52.